The second-order valence-corrected chi connectivity index (χ2v) is 1.34. The van der Waals surface area contributed by atoms with Gasteiger partial charge in [-0.05, 0) is 0 Å². The van der Waals surface area contributed by atoms with Crippen molar-refractivity contribution in [1.82, 2.24) is 0 Å². The summed E-state index contributed by atoms with van der Waals surface area (Å²) in [6.07, 6.45) is -0.676. The first-order valence-electron chi connectivity index (χ1n) is 1.64. The van der Waals surface area contributed by atoms with E-state index in [2.05, 4.69) is 0 Å². The van der Waals surface area contributed by atoms with Crippen LogP contribution in [-0.4, -0.2) is 17.3 Å². The third-order valence-corrected chi connectivity index (χ3v) is 0.700. The molecule has 1 aliphatic rings. The molecule has 0 saturated heterocycles. The zero-order valence-electron chi connectivity index (χ0n) is 2.72. The molecule has 0 aromatic rings. The van der Waals surface area contributed by atoms with Crippen molar-refractivity contribution in [3.63, 3.8) is 0 Å². The third-order valence-electron chi connectivity index (χ3n) is 0.700. The van der Waals surface area contributed by atoms with Gasteiger partial charge in [-0.2, -0.15) is 0 Å². The highest BCUT2D eigenvalue weighted by atomic mass is 16.3. The van der Waals surface area contributed by atoms with Crippen molar-refractivity contribution in [3.8, 4) is 0 Å². The van der Waals surface area contributed by atoms with E-state index in [4.69, 9.17) is 5.11 Å². The van der Waals surface area contributed by atoms with Crippen LogP contribution in [0.3, 0.4) is 0 Å². The lowest BCUT2D eigenvalue weighted by Gasteiger charge is -1.65. The zero-order valence-corrected chi connectivity index (χ0v) is 2.72. The van der Waals surface area contributed by atoms with E-state index in [0.29, 0.717) is 6.42 Å². The lowest BCUT2D eigenvalue weighted by atomic mass is 10.8. The maximum atomic E-state index is 9.72. The highest BCUT2D eigenvalue weighted by Gasteiger charge is 2.34. The van der Waals surface area contributed by atoms with Gasteiger partial charge < -0.3 is 5.11 Å². The minimum absolute atomic E-state index is 0.472. The van der Waals surface area contributed by atoms with Crippen LogP contribution in [0.5, 0.6) is 0 Å². The van der Waals surface area contributed by atoms with Gasteiger partial charge in [-0.3, -0.25) is 0 Å². The molecule has 1 aliphatic carbocycles. The second kappa shape index (κ2) is 0.698. The molecule has 1 saturated carbocycles. The number of rotatable bonds is 0. The fourth-order valence-corrected chi connectivity index (χ4v) is 0.159. The molecule has 5 heavy (non-hydrogen) atoms. The van der Waals surface area contributed by atoms with Crippen molar-refractivity contribution in [2.45, 2.75) is 18.6 Å². The summed E-state index contributed by atoms with van der Waals surface area (Å²) in [6, 6.07) is 0. The molecule has 0 aliphatic heterocycles. The Kier molecular flexibility index (Phi) is 0.436. The van der Waals surface area contributed by atoms with E-state index < -0.39 is 12.2 Å². The second-order valence-electron chi connectivity index (χ2n) is 1.34. The molecule has 0 amide bonds. The maximum Gasteiger partial charge on any atom is 0.121 e. The fraction of sp³-hybridized carbons (Fsp3) is 1.00. The molecule has 0 aromatic heterocycles. The van der Waals surface area contributed by atoms with Crippen molar-refractivity contribution in [3.05, 3.63) is 0 Å². The fourth-order valence-electron chi connectivity index (χ4n) is 0.159. The molecule has 1 N–H and O–H groups in total. The standard InChI is InChI=1S/C3H5O2/c4-2-1-3(2)5/h2-4H,1H2. The SMILES string of the molecule is [O]C1CC1O. The molecule has 2 atom stereocenters. The van der Waals surface area contributed by atoms with Crippen molar-refractivity contribution in [2.24, 2.45) is 0 Å². The van der Waals surface area contributed by atoms with Crippen molar-refractivity contribution in [1.29, 1.82) is 0 Å². The van der Waals surface area contributed by atoms with E-state index in [1.165, 1.54) is 0 Å². The largest absolute Gasteiger partial charge is 0.390 e. The van der Waals surface area contributed by atoms with Gasteiger partial charge in [0.15, 0.2) is 0 Å². The Morgan fingerprint density at radius 1 is 1.80 bits per heavy atom. The van der Waals surface area contributed by atoms with Crippen LogP contribution in [-0.2, 0) is 5.11 Å². The normalized spacial score (nSPS) is 49.2. The molecule has 2 nitrogen and oxygen atoms in total. The first-order chi connectivity index (χ1) is 2.30. The Balaban J connectivity index is 2.20. The number of hydrogen-bond acceptors (Lipinski definition) is 1. The van der Waals surface area contributed by atoms with Gasteiger partial charge in [0.1, 0.15) is 6.10 Å². The summed E-state index contributed by atoms with van der Waals surface area (Å²) in [5.74, 6) is 0. The van der Waals surface area contributed by atoms with Crippen LogP contribution in [0.15, 0.2) is 0 Å². The first kappa shape index (κ1) is 3.12. The smallest absolute Gasteiger partial charge is 0.121 e. The number of aliphatic hydroxyl groups excluding tert-OH is 1. The van der Waals surface area contributed by atoms with Crippen LogP contribution in [0.1, 0.15) is 6.42 Å². The van der Waals surface area contributed by atoms with Gasteiger partial charge in [0.25, 0.3) is 0 Å². The van der Waals surface area contributed by atoms with Gasteiger partial charge in [-0.25, -0.2) is 5.11 Å². The van der Waals surface area contributed by atoms with Gasteiger partial charge >= 0.3 is 0 Å². The molecule has 0 aromatic carbocycles. The average molecular weight is 73.1 g/mol. The topological polar surface area (TPSA) is 40.1 Å². The lowest BCUT2D eigenvalue weighted by Crippen LogP contribution is -1.82. The van der Waals surface area contributed by atoms with Gasteiger partial charge in [0.2, 0.25) is 0 Å². The average Bonchev–Trinajstić information content (AvgIpc) is 1.79. The van der Waals surface area contributed by atoms with Gasteiger partial charge in [0, 0.05) is 6.42 Å². The van der Waals surface area contributed by atoms with Crippen LogP contribution < -0.4 is 0 Å². The highest BCUT2D eigenvalue weighted by Crippen LogP contribution is 2.19. The molecular formula is C3H5O2. The summed E-state index contributed by atoms with van der Waals surface area (Å²) < 4.78 is 0. The third kappa shape index (κ3) is 0.412. The molecular weight excluding hydrogens is 68.0 g/mol. The summed E-state index contributed by atoms with van der Waals surface area (Å²) >= 11 is 0. The molecule has 2 heteroatoms. The summed E-state index contributed by atoms with van der Waals surface area (Å²) in [7, 11) is 0. The zero-order chi connectivity index (χ0) is 3.86. The van der Waals surface area contributed by atoms with E-state index in [9.17, 15) is 5.11 Å². The minimum Gasteiger partial charge on any atom is -0.390 e. The van der Waals surface area contributed by atoms with E-state index in [1.807, 2.05) is 0 Å². The highest BCUT2D eigenvalue weighted by molar-refractivity contribution is 4.83. The van der Waals surface area contributed by atoms with Crippen molar-refractivity contribution in [2.75, 3.05) is 0 Å². The Morgan fingerprint density at radius 2 is 2.00 bits per heavy atom. The summed E-state index contributed by atoms with van der Waals surface area (Å²) in [5, 5.41) is 17.8. The van der Waals surface area contributed by atoms with Crippen LogP contribution >= 0.6 is 0 Å². The van der Waals surface area contributed by atoms with E-state index in [0.717, 1.165) is 0 Å². The van der Waals surface area contributed by atoms with E-state index in [1.54, 1.807) is 0 Å². The van der Waals surface area contributed by atoms with Gasteiger partial charge in [-0.15, -0.1) is 0 Å². The van der Waals surface area contributed by atoms with E-state index >= 15 is 0 Å². The Morgan fingerprint density at radius 3 is 2.00 bits per heavy atom. The number of aliphatic hydroxyl groups is 1. The molecule has 1 rings (SSSR count). The number of hydrogen-bond donors (Lipinski definition) is 1. The summed E-state index contributed by atoms with van der Waals surface area (Å²) in [6.45, 7) is 0. The lowest BCUT2D eigenvalue weighted by molar-refractivity contribution is 0.118. The summed E-state index contributed by atoms with van der Waals surface area (Å²) in [4.78, 5) is 0. The van der Waals surface area contributed by atoms with Gasteiger partial charge in [-0.1, -0.05) is 0 Å². The van der Waals surface area contributed by atoms with Crippen molar-refractivity contribution < 1.29 is 10.2 Å². The Hall–Kier alpha value is -0.0800. The molecule has 0 spiro atoms. The van der Waals surface area contributed by atoms with Crippen LogP contribution in [0.4, 0.5) is 0 Å². The van der Waals surface area contributed by atoms with E-state index in [-0.39, 0.29) is 0 Å². The predicted octanol–water partition coefficient (Wildman–Crippen LogP) is -0.450. The predicted molar refractivity (Wildman–Crippen MR) is 15.1 cm³/mol. The van der Waals surface area contributed by atoms with Gasteiger partial charge in [0.05, 0.1) is 6.10 Å². The van der Waals surface area contributed by atoms with Crippen LogP contribution in [0.25, 0.3) is 0 Å². The molecule has 1 radical (unpaired) electrons. The van der Waals surface area contributed by atoms with Crippen LogP contribution in [0, 0.1) is 0 Å². The van der Waals surface area contributed by atoms with Crippen LogP contribution in [0.2, 0.25) is 0 Å². The molecule has 1 fully saturated rings. The Bertz CT molecular complexity index is 38.2. The Labute approximate surface area is 30.1 Å². The molecule has 0 bridgehead atoms. The molecule has 29 valence electrons. The monoisotopic (exact) mass is 73.0 g/mol. The molecule has 2 unspecified atom stereocenters. The first-order valence-corrected chi connectivity index (χ1v) is 1.64. The minimum atomic E-state index is -0.644. The molecule has 0 heterocycles. The summed E-state index contributed by atoms with van der Waals surface area (Å²) in [5.41, 5.74) is 0. The maximum absolute atomic E-state index is 9.72. The quantitative estimate of drug-likeness (QED) is 0.414. The van der Waals surface area contributed by atoms with Crippen molar-refractivity contribution >= 4 is 0 Å².